The Hall–Kier alpha value is -0.0300. The van der Waals surface area contributed by atoms with Gasteiger partial charge >= 0.3 is 0 Å². The molecule has 0 radical (unpaired) electrons. The van der Waals surface area contributed by atoms with E-state index in [2.05, 4.69) is 35.1 Å². The number of furan rings is 1. The number of hydrogen-bond donors (Lipinski definition) is 1. The van der Waals surface area contributed by atoms with Crippen molar-refractivity contribution in [3.05, 3.63) is 22.6 Å². The Morgan fingerprint density at radius 1 is 1.33 bits per heavy atom. The van der Waals surface area contributed by atoms with Crippen molar-refractivity contribution in [3.63, 3.8) is 0 Å². The molecule has 2 rings (SSSR count). The van der Waals surface area contributed by atoms with Gasteiger partial charge in [-0.2, -0.15) is 0 Å². The molecule has 1 fully saturated rings. The quantitative estimate of drug-likeness (QED) is 0.865. The maximum absolute atomic E-state index is 5.73. The highest BCUT2D eigenvalue weighted by atomic mass is 79.9. The average Bonchev–Trinajstić information content (AvgIpc) is 2.57. The molecule has 1 N–H and O–H groups in total. The van der Waals surface area contributed by atoms with Crippen LogP contribution in [0.3, 0.4) is 0 Å². The van der Waals surface area contributed by atoms with Crippen LogP contribution < -0.4 is 5.32 Å². The van der Waals surface area contributed by atoms with E-state index in [1.165, 1.54) is 0 Å². The zero-order valence-corrected chi connectivity index (χ0v) is 11.4. The summed E-state index contributed by atoms with van der Waals surface area (Å²) in [5.74, 6) is 0.801. The summed E-state index contributed by atoms with van der Waals surface area (Å²) in [6, 6.07) is 3.79. The minimum Gasteiger partial charge on any atom is -0.450 e. The molecular formula is C10H15BrClNO2. The second-order valence-corrected chi connectivity index (χ2v) is 5.22. The largest absolute Gasteiger partial charge is 0.450 e. The van der Waals surface area contributed by atoms with Gasteiger partial charge in [0.15, 0.2) is 16.2 Å². The first kappa shape index (κ1) is 13.0. The Kier molecular flexibility index (Phi) is 3.55. The van der Waals surface area contributed by atoms with Gasteiger partial charge in [-0.1, -0.05) is 0 Å². The molecule has 86 valence electrons. The summed E-state index contributed by atoms with van der Waals surface area (Å²) in [5.41, 5.74) is -0.510. The van der Waals surface area contributed by atoms with Gasteiger partial charge in [-0.05, 0) is 48.8 Å². The lowest BCUT2D eigenvalue weighted by Gasteiger charge is -2.24. The van der Waals surface area contributed by atoms with Crippen LogP contribution in [-0.2, 0) is 10.5 Å². The van der Waals surface area contributed by atoms with Gasteiger partial charge in [0.05, 0.1) is 6.61 Å². The van der Waals surface area contributed by atoms with Crippen LogP contribution in [0.4, 0.5) is 0 Å². The molecule has 0 saturated carbocycles. The average molecular weight is 297 g/mol. The summed E-state index contributed by atoms with van der Waals surface area (Å²) in [6.45, 7) is 6.88. The third-order valence-corrected chi connectivity index (χ3v) is 2.77. The molecule has 1 saturated heterocycles. The summed E-state index contributed by atoms with van der Waals surface area (Å²) < 4.78 is 11.9. The van der Waals surface area contributed by atoms with Crippen LogP contribution in [0, 0.1) is 0 Å². The van der Waals surface area contributed by atoms with Gasteiger partial charge < -0.3 is 9.15 Å². The lowest BCUT2D eigenvalue weighted by atomic mass is 10.1. The zero-order chi connectivity index (χ0) is 10.4. The van der Waals surface area contributed by atoms with E-state index in [4.69, 9.17) is 9.15 Å². The van der Waals surface area contributed by atoms with Crippen LogP contribution in [0.15, 0.2) is 21.2 Å². The van der Waals surface area contributed by atoms with Crippen LogP contribution in [0.1, 0.15) is 26.5 Å². The van der Waals surface area contributed by atoms with Crippen molar-refractivity contribution in [2.75, 3.05) is 6.61 Å². The number of halogens is 2. The van der Waals surface area contributed by atoms with Crippen LogP contribution in [-0.4, -0.2) is 12.1 Å². The molecule has 5 heteroatoms. The number of ether oxygens (including phenoxy) is 1. The molecule has 0 spiro atoms. The van der Waals surface area contributed by atoms with E-state index in [-0.39, 0.29) is 17.9 Å². The van der Waals surface area contributed by atoms with Crippen molar-refractivity contribution in [1.82, 2.24) is 5.32 Å². The van der Waals surface area contributed by atoms with Crippen molar-refractivity contribution >= 4 is 28.3 Å². The number of hydrogen-bond acceptors (Lipinski definition) is 3. The molecule has 1 aliphatic heterocycles. The Labute approximate surface area is 104 Å². The number of nitrogens with one attached hydrogen (secondary N) is 1. The fourth-order valence-corrected chi connectivity index (χ4v) is 2.05. The molecule has 3 nitrogen and oxygen atoms in total. The standard InChI is InChI=1S/C10H14BrNO2.ClH/c1-9(2)6-13-10(3,12-9)7-4-5-8(11)14-7;/h4-5,12H,6H2,1-3H3;1H. The zero-order valence-electron chi connectivity index (χ0n) is 8.96. The molecular weight excluding hydrogens is 281 g/mol. The van der Waals surface area contributed by atoms with E-state index < -0.39 is 5.72 Å². The third kappa shape index (κ3) is 2.56. The molecule has 0 aromatic carbocycles. The maximum atomic E-state index is 5.73. The topological polar surface area (TPSA) is 34.4 Å². The van der Waals surface area contributed by atoms with E-state index >= 15 is 0 Å². The molecule has 0 aliphatic carbocycles. The predicted octanol–water partition coefficient (Wildman–Crippen LogP) is 3.04. The van der Waals surface area contributed by atoms with E-state index in [0.29, 0.717) is 6.61 Å². The number of rotatable bonds is 1. The molecule has 1 aliphatic rings. The van der Waals surface area contributed by atoms with Crippen molar-refractivity contribution < 1.29 is 9.15 Å². The van der Waals surface area contributed by atoms with Crippen molar-refractivity contribution in [1.29, 1.82) is 0 Å². The molecule has 0 amide bonds. The molecule has 2 heterocycles. The second kappa shape index (κ2) is 4.09. The van der Waals surface area contributed by atoms with Crippen LogP contribution in [0.25, 0.3) is 0 Å². The smallest absolute Gasteiger partial charge is 0.175 e. The van der Waals surface area contributed by atoms with Gasteiger partial charge in [-0.25, -0.2) is 0 Å². The fraction of sp³-hybridized carbons (Fsp3) is 0.600. The monoisotopic (exact) mass is 295 g/mol. The second-order valence-electron chi connectivity index (χ2n) is 4.43. The highest BCUT2D eigenvalue weighted by molar-refractivity contribution is 9.10. The van der Waals surface area contributed by atoms with Gasteiger partial charge in [0.1, 0.15) is 0 Å². The molecule has 15 heavy (non-hydrogen) atoms. The Morgan fingerprint density at radius 2 is 2.00 bits per heavy atom. The molecule has 1 aromatic heterocycles. The van der Waals surface area contributed by atoms with Crippen molar-refractivity contribution in [3.8, 4) is 0 Å². The normalized spacial score (nSPS) is 28.8. The molecule has 1 atom stereocenters. The lowest BCUT2D eigenvalue weighted by Crippen LogP contribution is -2.44. The predicted molar refractivity (Wildman–Crippen MR) is 64.2 cm³/mol. The Morgan fingerprint density at radius 3 is 2.40 bits per heavy atom. The summed E-state index contributed by atoms with van der Waals surface area (Å²) in [6.07, 6.45) is 0. The van der Waals surface area contributed by atoms with Gasteiger partial charge in [-0.15, -0.1) is 12.4 Å². The van der Waals surface area contributed by atoms with E-state index in [0.717, 1.165) is 10.4 Å². The van der Waals surface area contributed by atoms with Crippen LogP contribution in [0.5, 0.6) is 0 Å². The highest BCUT2D eigenvalue weighted by Crippen LogP contribution is 2.33. The first-order valence-corrected chi connectivity index (χ1v) is 5.40. The fourth-order valence-electron chi connectivity index (χ4n) is 1.75. The Balaban J connectivity index is 0.00000112. The molecule has 0 bridgehead atoms. The van der Waals surface area contributed by atoms with E-state index in [1.807, 2.05) is 19.1 Å². The van der Waals surface area contributed by atoms with Gasteiger partial charge in [0.25, 0.3) is 0 Å². The van der Waals surface area contributed by atoms with Gasteiger partial charge in [0, 0.05) is 5.54 Å². The third-order valence-electron chi connectivity index (χ3n) is 2.34. The summed E-state index contributed by atoms with van der Waals surface area (Å²) in [4.78, 5) is 0. The van der Waals surface area contributed by atoms with E-state index in [9.17, 15) is 0 Å². The first-order chi connectivity index (χ1) is 6.41. The lowest BCUT2D eigenvalue weighted by molar-refractivity contribution is -0.0160. The van der Waals surface area contributed by atoms with Crippen molar-refractivity contribution in [2.24, 2.45) is 0 Å². The summed E-state index contributed by atoms with van der Waals surface area (Å²) in [7, 11) is 0. The highest BCUT2D eigenvalue weighted by Gasteiger charge is 2.43. The Bertz CT molecular complexity index is 353. The molecule has 1 unspecified atom stereocenters. The van der Waals surface area contributed by atoms with Crippen molar-refractivity contribution in [2.45, 2.75) is 32.0 Å². The van der Waals surface area contributed by atoms with E-state index in [1.54, 1.807) is 0 Å². The minimum atomic E-state index is -0.504. The first-order valence-electron chi connectivity index (χ1n) is 4.60. The van der Waals surface area contributed by atoms with Crippen LogP contribution in [0.2, 0.25) is 0 Å². The summed E-state index contributed by atoms with van der Waals surface area (Å²) in [5, 5.41) is 3.40. The molecule has 1 aromatic rings. The minimum absolute atomic E-state index is 0. The van der Waals surface area contributed by atoms with Gasteiger partial charge in [0.2, 0.25) is 0 Å². The van der Waals surface area contributed by atoms with Crippen LogP contribution >= 0.6 is 28.3 Å². The van der Waals surface area contributed by atoms with Gasteiger partial charge in [-0.3, -0.25) is 5.32 Å². The maximum Gasteiger partial charge on any atom is 0.175 e. The summed E-state index contributed by atoms with van der Waals surface area (Å²) >= 11 is 3.28. The SMILES string of the molecule is CC1(C)COC(C)(c2ccc(Br)o2)N1.Cl.